The normalized spacial score (nSPS) is 10.6. The smallest absolute Gasteiger partial charge is 0.199 e. The van der Waals surface area contributed by atoms with Crippen LogP contribution in [-0.4, -0.2) is 20.5 Å². The van der Waals surface area contributed by atoms with Crippen LogP contribution in [0.4, 0.5) is 0 Å². The molecule has 1 aromatic heterocycles. The summed E-state index contributed by atoms with van der Waals surface area (Å²) in [6.07, 6.45) is 0. The molecule has 1 heterocycles. The fourth-order valence-electron chi connectivity index (χ4n) is 2.29. The second-order valence-electron chi connectivity index (χ2n) is 4.77. The topological polar surface area (TPSA) is 50.7 Å². The summed E-state index contributed by atoms with van der Waals surface area (Å²) >= 11 is 11.3. The number of hydrogen-bond donors (Lipinski definition) is 1. The molecule has 1 N–H and O–H groups in total. The van der Waals surface area contributed by atoms with Crippen molar-refractivity contribution in [2.75, 3.05) is 0 Å². The molecule has 0 aliphatic carbocycles. The molecule has 0 atom stereocenters. The van der Waals surface area contributed by atoms with Crippen LogP contribution < -0.4 is 0 Å². The molecule has 4 nitrogen and oxygen atoms in total. The molecule has 0 amide bonds. The Balaban J connectivity index is 2.22. The summed E-state index contributed by atoms with van der Waals surface area (Å²) in [4.78, 5) is 12.8. The molecule has 0 unspecified atom stereocenters. The molecule has 0 aliphatic heterocycles. The molecule has 0 bridgehead atoms. The maximum atomic E-state index is 12.8. The van der Waals surface area contributed by atoms with Gasteiger partial charge in [0.1, 0.15) is 5.82 Å². The molecule has 3 aromatic rings. The van der Waals surface area contributed by atoms with E-state index in [1.807, 2.05) is 25.1 Å². The van der Waals surface area contributed by atoms with Crippen LogP contribution in [0.3, 0.4) is 0 Å². The zero-order valence-corrected chi connectivity index (χ0v) is 13.3. The fourth-order valence-corrected chi connectivity index (χ4v) is 2.74. The molecule has 110 valence electrons. The van der Waals surface area contributed by atoms with Gasteiger partial charge in [0.2, 0.25) is 0 Å². The molecule has 0 saturated heterocycles. The predicted octanol–water partition coefficient (Wildman–Crippen LogP) is 4.12. The van der Waals surface area contributed by atoms with Crippen molar-refractivity contribution in [3.8, 4) is 5.69 Å². The van der Waals surface area contributed by atoms with Crippen LogP contribution in [0.15, 0.2) is 48.5 Å². The van der Waals surface area contributed by atoms with Gasteiger partial charge < -0.3 is 0 Å². The second kappa shape index (κ2) is 5.87. The molecule has 0 radical (unpaired) electrons. The summed E-state index contributed by atoms with van der Waals surface area (Å²) in [5, 5.41) is 7.31. The van der Waals surface area contributed by atoms with Crippen molar-refractivity contribution in [1.82, 2.24) is 14.8 Å². The number of aromatic amines is 1. The molecule has 6 heteroatoms. The standard InChI is InChI=1S/C16H12ClN3OS/c1-10-18-19-16(22)20(10)14-8-7-12(17)9-13(14)15(21)11-5-3-2-4-6-11/h2-9H,1H3,(H,19,22). The van der Waals surface area contributed by atoms with E-state index >= 15 is 0 Å². The van der Waals surface area contributed by atoms with Gasteiger partial charge in [-0.15, -0.1) is 0 Å². The van der Waals surface area contributed by atoms with Gasteiger partial charge in [-0.3, -0.25) is 14.5 Å². The van der Waals surface area contributed by atoms with E-state index in [-0.39, 0.29) is 5.78 Å². The lowest BCUT2D eigenvalue weighted by molar-refractivity contribution is 0.103. The Morgan fingerprint density at radius 2 is 1.95 bits per heavy atom. The molecule has 0 fully saturated rings. The van der Waals surface area contributed by atoms with Gasteiger partial charge in [-0.05, 0) is 37.3 Å². The van der Waals surface area contributed by atoms with Crippen molar-refractivity contribution in [2.24, 2.45) is 0 Å². The molecule has 3 rings (SSSR count). The number of H-pyrrole nitrogens is 1. The lowest BCUT2D eigenvalue weighted by Gasteiger charge is -2.11. The highest BCUT2D eigenvalue weighted by Gasteiger charge is 2.17. The highest BCUT2D eigenvalue weighted by Crippen LogP contribution is 2.23. The van der Waals surface area contributed by atoms with Crippen molar-refractivity contribution < 1.29 is 4.79 Å². The van der Waals surface area contributed by atoms with E-state index in [0.29, 0.717) is 32.4 Å². The number of halogens is 1. The number of aryl methyl sites for hydroxylation is 1. The number of nitrogens with one attached hydrogen (secondary N) is 1. The Labute approximate surface area is 137 Å². The molecule has 0 saturated carbocycles. The molecule has 2 aromatic carbocycles. The molecule has 0 spiro atoms. The van der Waals surface area contributed by atoms with E-state index in [2.05, 4.69) is 10.2 Å². The maximum Gasteiger partial charge on any atom is 0.199 e. The van der Waals surface area contributed by atoms with Gasteiger partial charge in [0, 0.05) is 16.1 Å². The van der Waals surface area contributed by atoms with Crippen molar-refractivity contribution in [3.63, 3.8) is 0 Å². The number of rotatable bonds is 3. The van der Waals surface area contributed by atoms with E-state index < -0.39 is 0 Å². The maximum absolute atomic E-state index is 12.8. The van der Waals surface area contributed by atoms with Crippen LogP contribution in [0.25, 0.3) is 5.69 Å². The first-order chi connectivity index (χ1) is 10.6. The summed E-state index contributed by atoms with van der Waals surface area (Å²) < 4.78 is 2.16. The highest BCUT2D eigenvalue weighted by atomic mass is 35.5. The SMILES string of the molecule is Cc1n[nH]c(=S)n1-c1ccc(Cl)cc1C(=O)c1ccccc1. The third kappa shape index (κ3) is 2.61. The van der Waals surface area contributed by atoms with Crippen LogP contribution in [-0.2, 0) is 0 Å². The molecule has 22 heavy (non-hydrogen) atoms. The largest absolute Gasteiger partial charge is 0.289 e. The third-order valence-electron chi connectivity index (χ3n) is 3.32. The minimum absolute atomic E-state index is 0.111. The van der Waals surface area contributed by atoms with E-state index in [9.17, 15) is 4.79 Å². The molecular formula is C16H12ClN3OS. The van der Waals surface area contributed by atoms with E-state index in [1.54, 1.807) is 34.9 Å². The highest BCUT2D eigenvalue weighted by molar-refractivity contribution is 7.71. The minimum Gasteiger partial charge on any atom is -0.289 e. The number of carbonyl (C=O) groups excluding carboxylic acids is 1. The first-order valence-corrected chi connectivity index (χ1v) is 7.40. The van der Waals surface area contributed by atoms with Crippen molar-refractivity contribution >= 4 is 29.6 Å². The van der Waals surface area contributed by atoms with Crippen LogP contribution in [0, 0.1) is 11.7 Å². The summed E-state index contributed by atoms with van der Waals surface area (Å²) in [7, 11) is 0. The van der Waals surface area contributed by atoms with Crippen molar-refractivity contribution in [1.29, 1.82) is 0 Å². The Morgan fingerprint density at radius 1 is 1.23 bits per heavy atom. The van der Waals surface area contributed by atoms with Crippen molar-refractivity contribution in [2.45, 2.75) is 6.92 Å². The number of aromatic nitrogens is 3. The zero-order valence-electron chi connectivity index (χ0n) is 11.7. The summed E-state index contributed by atoms with van der Waals surface area (Å²) in [5.41, 5.74) is 1.74. The average molecular weight is 330 g/mol. The van der Waals surface area contributed by atoms with Gasteiger partial charge >= 0.3 is 0 Å². The lowest BCUT2D eigenvalue weighted by atomic mass is 10.0. The van der Waals surface area contributed by atoms with Gasteiger partial charge in [0.25, 0.3) is 0 Å². The second-order valence-corrected chi connectivity index (χ2v) is 5.59. The monoisotopic (exact) mass is 329 g/mol. The fraction of sp³-hybridized carbons (Fsp3) is 0.0625. The number of ketones is 1. The molecule has 0 aliphatic rings. The Morgan fingerprint density at radius 3 is 2.59 bits per heavy atom. The number of carbonyl (C=O) groups is 1. The van der Waals surface area contributed by atoms with Gasteiger partial charge in [0.15, 0.2) is 10.6 Å². The van der Waals surface area contributed by atoms with Crippen molar-refractivity contribution in [3.05, 3.63) is 75.3 Å². The summed E-state index contributed by atoms with van der Waals surface area (Å²) in [6.45, 7) is 1.82. The van der Waals surface area contributed by atoms with Crippen LogP contribution in [0.5, 0.6) is 0 Å². The molecular weight excluding hydrogens is 318 g/mol. The van der Waals surface area contributed by atoms with E-state index in [1.165, 1.54) is 0 Å². The quantitative estimate of drug-likeness (QED) is 0.581. The van der Waals surface area contributed by atoms with Crippen LogP contribution >= 0.6 is 23.8 Å². The Hall–Kier alpha value is -2.24. The minimum atomic E-state index is -0.111. The first-order valence-electron chi connectivity index (χ1n) is 6.61. The van der Waals surface area contributed by atoms with Gasteiger partial charge in [-0.1, -0.05) is 41.9 Å². The zero-order chi connectivity index (χ0) is 15.7. The summed E-state index contributed by atoms with van der Waals surface area (Å²) in [6, 6.07) is 14.2. The van der Waals surface area contributed by atoms with Gasteiger partial charge in [-0.2, -0.15) is 5.10 Å². The summed E-state index contributed by atoms with van der Waals surface area (Å²) in [5.74, 6) is 0.565. The van der Waals surface area contributed by atoms with Gasteiger partial charge in [-0.25, -0.2) is 0 Å². The Bertz CT molecular complexity index is 899. The number of benzene rings is 2. The number of hydrogen-bond acceptors (Lipinski definition) is 3. The number of nitrogens with zero attached hydrogens (tertiary/aromatic N) is 2. The van der Waals surface area contributed by atoms with E-state index in [0.717, 1.165) is 0 Å². The van der Waals surface area contributed by atoms with Gasteiger partial charge in [0.05, 0.1) is 5.69 Å². The Kier molecular flexibility index (Phi) is 3.92. The third-order valence-corrected chi connectivity index (χ3v) is 3.83. The first kappa shape index (κ1) is 14.7. The predicted molar refractivity (Wildman–Crippen MR) is 88.4 cm³/mol. The average Bonchev–Trinajstić information content (AvgIpc) is 2.86. The lowest BCUT2D eigenvalue weighted by Crippen LogP contribution is -2.09. The van der Waals surface area contributed by atoms with Crippen LogP contribution in [0.1, 0.15) is 21.7 Å². The van der Waals surface area contributed by atoms with E-state index in [4.69, 9.17) is 23.8 Å². The van der Waals surface area contributed by atoms with Crippen LogP contribution in [0.2, 0.25) is 5.02 Å².